The van der Waals surface area contributed by atoms with Crippen LogP contribution in [0.25, 0.3) is 0 Å². The standard InChI is InChI=1S/C15H20N2OS3/c1-3-4-10-19-14-16-17-15(21-14)20-11-9-18-13-8-6-5-7-12(13)2/h5-8H,3-4,9-11H2,1-2H3. The van der Waals surface area contributed by atoms with E-state index in [-0.39, 0.29) is 0 Å². The summed E-state index contributed by atoms with van der Waals surface area (Å²) in [7, 11) is 0. The number of nitrogens with zero attached hydrogens (tertiary/aromatic N) is 2. The molecule has 0 radical (unpaired) electrons. The van der Waals surface area contributed by atoms with Crippen LogP contribution in [0.2, 0.25) is 0 Å². The van der Waals surface area contributed by atoms with Gasteiger partial charge in [0.2, 0.25) is 0 Å². The molecule has 0 aliphatic carbocycles. The second kappa shape index (κ2) is 9.33. The first kappa shape index (κ1) is 16.6. The van der Waals surface area contributed by atoms with Crippen LogP contribution in [0.3, 0.4) is 0 Å². The maximum absolute atomic E-state index is 5.78. The van der Waals surface area contributed by atoms with E-state index in [4.69, 9.17) is 4.74 Å². The highest BCUT2D eigenvalue weighted by molar-refractivity contribution is 8.03. The van der Waals surface area contributed by atoms with Gasteiger partial charge in [-0.25, -0.2) is 0 Å². The second-order valence-electron chi connectivity index (χ2n) is 4.50. The van der Waals surface area contributed by atoms with E-state index in [0.29, 0.717) is 6.61 Å². The lowest BCUT2D eigenvalue weighted by Gasteiger charge is -2.07. The molecule has 1 aromatic heterocycles. The topological polar surface area (TPSA) is 35.0 Å². The maximum Gasteiger partial charge on any atom is 0.175 e. The van der Waals surface area contributed by atoms with Gasteiger partial charge in [0.05, 0.1) is 6.61 Å². The predicted molar refractivity (Wildman–Crippen MR) is 92.9 cm³/mol. The third-order valence-electron chi connectivity index (χ3n) is 2.77. The first-order chi connectivity index (χ1) is 10.3. The lowest BCUT2D eigenvalue weighted by molar-refractivity contribution is 0.341. The van der Waals surface area contributed by atoms with Gasteiger partial charge in [0.15, 0.2) is 8.68 Å². The van der Waals surface area contributed by atoms with Crippen molar-refractivity contribution in [2.45, 2.75) is 35.4 Å². The fourth-order valence-corrected chi connectivity index (χ4v) is 4.68. The molecule has 3 nitrogen and oxygen atoms in total. The van der Waals surface area contributed by atoms with Crippen molar-refractivity contribution in [2.24, 2.45) is 0 Å². The van der Waals surface area contributed by atoms with Gasteiger partial charge in [0, 0.05) is 11.5 Å². The Balaban J connectivity index is 1.68. The molecule has 6 heteroatoms. The number of unbranched alkanes of at least 4 members (excludes halogenated alkanes) is 1. The Bertz CT molecular complexity index is 545. The summed E-state index contributed by atoms with van der Waals surface area (Å²) in [4.78, 5) is 0. The van der Waals surface area contributed by atoms with Crippen molar-refractivity contribution in [1.82, 2.24) is 10.2 Å². The van der Waals surface area contributed by atoms with Crippen LogP contribution in [0.4, 0.5) is 0 Å². The van der Waals surface area contributed by atoms with Crippen LogP contribution < -0.4 is 4.74 Å². The number of benzene rings is 1. The van der Waals surface area contributed by atoms with E-state index in [0.717, 1.165) is 25.9 Å². The molecule has 0 aliphatic heterocycles. The summed E-state index contributed by atoms with van der Waals surface area (Å²) < 4.78 is 7.88. The number of thioether (sulfide) groups is 2. The smallest absolute Gasteiger partial charge is 0.175 e. The van der Waals surface area contributed by atoms with Gasteiger partial charge in [-0.15, -0.1) is 10.2 Å². The van der Waals surface area contributed by atoms with Crippen LogP contribution in [-0.2, 0) is 0 Å². The van der Waals surface area contributed by atoms with Crippen molar-refractivity contribution >= 4 is 34.9 Å². The number of aryl methyl sites for hydroxylation is 1. The average molecular weight is 341 g/mol. The molecule has 0 spiro atoms. The zero-order valence-corrected chi connectivity index (χ0v) is 14.8. The monoisotopic (exact) mass is 340 g/mol. The predicted octanol–water partition coefficient (Wildman–Crippen LogP) is 4.91. The fourth-order valence-electron chi connectivity index (χ4n) is 1.62. The van der Waals surface area contributed by atoms with Crippen LogP contribution in [0.5, 0.6) is 5.75 Å². The maximum atomic E-state index is 5.78. The van der Waals surface area contributed by atoms with Gasteiger partial charge in [0.25, 0.3) is 0 Å². The molecule has 0 unspecified atom stereocenters. The third kappa shape index (κ3) is 5.88. The summed E-state index contributed by atoms with van der Waals surface area (Å²) >= 11 is 5.20. The zero-order valence-electron chi connectivity index (χ0n) is 12.4. The van der Waals surface area contributed by atoms with Gasteiger partial charge in [0.1, 0.15) is 5.75 Å². The minimum atomic E-state index is 0.688. The largest absolute Gasteiger partial charge is 0.492 e. The molecule has 0 atom stereocenters. The third-order valence-corrected chi connectivity index (χ3v) is 6.01. The summed E-state index contributed by atoms with van der Waals surface area (Å²) in [5.74, 6) is 2.99. The highest BCUT2D eigenvalue weighted by atomic mass is 32.2. The average Bonchev–Trinajstić information content (AvgIpc) is 2.93. The summed E-state index contributed by atoms with van der Waals surface area (Å²) in [6.07, 6.45) is 2.46. The highest BCUT2D eigenvalue weighted by Crippen LogP contribution is 2.29. The van der Waals surface area contributed by atoms with Crippen LogP contribution in [-0.4, -0.2) is 28.3 Å². The molecule has 0 saturated heterocycles. The molecule has 0 bridgehead atoms. The molecule has 0 aliphatic rings. The highest BCUT2D eigenvalue weighted by Gasteiger charge is 2.05. The van der Waals surface area contributed by atoms with Crippen molar-refractivity contribution in [3.8, 4) is 5.75 Å². The number of hydrogen-bond acceptors (Lipinski definition) is 6. The van der Waals surface area contributed by atoms with Gasteiger partial charge in [-0.3, -0.25) is 0 Å². The fraction of sp³-hybridized carbons (Fsp3) is 0.467. The Morgan fingerprint density at radius 3 is 2.52 bits per heavy atom. The van der Waals surface area contributed by atoms with Gasteiger partial charge in [-0.2, -0.15) is 0 Å². The van der Waals surface area contributed by atoms with E-state index in [2.05, 4.69) is 30.1 Å². The van der Waals surface area contributed by atoms with Crippen molar-refractivity contribution in [3.05, 3.63) is 29.8 Å². The normalized spacial score (nSPS) is 10.8. The number of rotatable bonds is 9. The first-order valence-corrected chi connectivity index (χ1v) is 9.86. The van der Waals surface area contributed by atoms with Gasteiger partial charge in [-0.1, -0.05) is 66.4 Å². The molecule has 0 fully saturated rings. The van der Waals surface area contributed by atoms with Crippen LogP contribution in [0.15, 0.2) is 32.9 Å². The Morgan fingerprint density at radius 2 is 1.81 bits per heavy atom. The Hall–Kier alpha value is -0.720. The van der Waals surface area contributed by atoms with Crippen LogP contribution in [0, 0.1) is 6.92 Å². The van der Waals surface area contributed by atoms with Gasteiger partial charge < -0.3 is 4.74 Å². The quantitative estimate of drug-likeness (QED) is 0.479. The molecule has 114 valence electrons. The van der Waals surface area contributed by atoms with E-state index in [1.807, 2.05) is 18.2 Å². The van der Waals surface area contributed by atoms with Crippen molar-refractivity contribution < 1.29 is 4.74 Å². The van der Waals surface area contributed by atoms with E-state index < -0.39 is 0 Å². The molecular formula is C15H20N2OS3. The molecule has 1 heterocycles. The molecule has 21 heavy (non-hydrogen) atoms. The molecule has 2 aromatic rings. The minimum Gasteiger partial charge on any atom is -0.492 e. The molecule has 0 saturated carbocycles. The Kier molecular flexibility index (Phi) is 7.39. The van der Waals surface area contributed by atoms with E-state index in [1.165, 1.54) is 18.4 Å². The van der Waals surface area contributed by atoms with E-state index in [9.17, 15) is 0 Å². The van der Waals surface area contributed by atoms with Gasteiger partial charge in [-0.05, 0) is 25.0 Å². The van der Waals surface area contributed by atoms with Crippen LogP contribution >= 0.6 is 34.9 Å². The number of ether oxygens (including phenoxy) is 1. The molecular weight excluding hydrogens is 320 g/mol. The molecule has 2 rings (SSSR count). The van der Waals surface area contributed by atoms with E-state index in [1.54, 1.807) is 34.9 Å². The second-order valence-corrected chi connectivity index (χ2v) is 8.16. The van der Waals surface area contributed by atoms with Gasteiger partial charge >= 0.3 is 0 Å². The van der Waals surface area contributed by atoms with E-state index >= 15 is 0 Å². The Morgan fingerprint density at radius 1 is 1.10 bits per heavy atom. The molecule has 1 aromatic carbocycles. The van der Waals surface area contributed by atoms with Crippen molar-refractivity contribution in [3.63, 3.8) is 0 Å². The Labute approximate surface area is 138 Å². The van der Waals surface area contributed by atoms with Crippen molar-refractivity contribution in [2.75, 3.05) is 18.1 Å². The van der Waals surface area contributed by atoms with Crippen LogP contribution in [0.1, 0.15) is 25.3 Å². The molecule has 0 N–H and O–H groups in total. The zero-order chi connectivity index (χ0) is 14.9. The summed E-state index contributed by atoms with van der Waals surface area (Å²) in [5.41, 5.74) is 1.17. The van der Waals surface area contributed by atoms with Crippen molar-refractivity contribution in [1.29, 1.82) is 0 Å². The summed E-state index contributed by atoms with van der Waals surface area (Å²) in [6.45, 7) is 4.96. The lowest BCUT2D eigenvalue weighted by Crippen LogP contribution is -2.01. The number of aromatic nitrogens is 2. The summed E-state index contributed by atoms with van der Waals surface area (Å²) in [6, 6.07) is 8.09. The molecule has 0 amide bonds. The SMILES string of the molecule is CCCCSc1nnc(SCCOc2ccccc2C)s1. The summed E-state index contributed by atoms with van der Waals surface area (Å²) in [5, 5.41) is 8.42. The number of para-hydroxylation sites is 1. The first-order valence-electron chi connectivity index (χ1n) is 7.07. The minimum absolute atomic E-state index is 0.688. The lowest BCUT2D eigenvalue weighted by atomic mass is 10.2. The number of hydrogen-bond donors (Lipinski definition) is 0.